The lowest BCUT2D eigenvalue weighted by atomic mass is 10.1. The average molecular weight is 301 g/mol. The molecule has 0 aliphatic carbocycles. The highest BCUT2D eigenvalue weighted by Crippen LogP contribution is 2.27. The standard InChI is InChI=1S/C14H11N3O3S/c1-20-12-7-9(2-3-11(12)18)6-10(8-15)13(19)17-14-16-4-5-21-14/h2-7,18H,1H3,(H,16,17,19). The van der Waals surface area contributed by atoms with Crippen molar-refractivity contribution in [1.82, 2.24) is 4.98 Å². The van der Waals surface area contributed by atoms with Gasteiger partial charge in [-0.05, 0) is 23.8 Å². The molecule has 0 fully saturated rings. The number of phenols is 1. The normalized spacial score (nSPS) is 10.8. The van der Waals surface area contributed by atoms with E-state index in [1.807, 2.05) is 6.07 Å². The van der Waals surface area contributed by atoms with Gasteiger partial charge in [0.05, 0.1) is 7.11 Å². The molecule has 0 unspecified atom stereocenters. The maximum atomic E-state index is 12.0. The zero-order valence-electron chi connectivity index (χ0n) is 11.0. The van der Waals surface area contributed by atoms with Crippen LogP contribution in [0.25, 0.3) is 6.08 Å². The molecule has 0 spiro atoms. The highest BCUT2D eigenvalue weighted by molar-refractivity contribution is 7.13. The van der Waals surface area contributed by atoms with Crippen LogP contribution in [-0.2, 0) is 4.79 Å². The van der Waals surface area contributed by atoms with Crippen molar-refractivity contribution in [2.45, 2.75) is 0 Å². The number of rotatable bonds is 4. The topological polar surface area (TPSA) is 95.2 Å². The first-order valence-corrected chi connectivity index (χ1v) is 6.71. The Kier molecular flexibility index (Phi) is 4.53. The minimum absolute atomic E-state index is 0.0135. The van der Waals surface area contributed by atoms with Crippen molar-refractivity contribution in [3.8, 4) is 17.6 Å². The Labute approximate surface area is 124 Å². The summed E-state index contributed by atoms with van der Waals surface area (Å²) in [7, 11) is 1.42. The summed E-state index contributed by atoms with van der Waals surface area (Å²) < 4.78 is 4.98. The number of nitriles is 1. The fourth-order valence-corrected chi connectivity index (χ4v) is 2.07. The van der Waals surface area contributed by atoms with Crippen molar-refractivity contribution < 1.29 is 14.6 Å². The maximum absolute atomic E-state index is 12.0. The lowest BCUT2D eigenvalue weighted by molar-refractivity contribution is -0.112. The van der Waals surface area contributed by atoms with Crippen LogP contribution in [0, 0.1) is 11.3 Å². The number of ether oxygens (including phenoxy) is 1. The van der Waals surface area contributed by atoms with E-state index < -0.39 is 5.91 Å². The van der Waals surface area contributed by atoms with Gasteiger partial charge in [-0.1, -0.05) is 6.07 Å². The molecule has 1 heterocycles. The summed E-state index contributed by atoms with van der Waals surface area (Å²) in [4.78, 5) is 15.9. The summed E-state index contributed by atoms with van der Waals surface area (Å²) in [5.74, 6) is -0.291. The van der Waals surface area contributed by atoms with E-state index in [0.717, 1.165) is 0 Å². The van der Waals surface area contributed by atoms with E-state index in [0.29, 0.717) is 10.7 Å². The lowest BCUT2D eigenvalue weighted by Gasteiger charge is -2.04. The van der Waals surface area contributed by atoms with Crippen LogP contribution in [-0.4, -0.2) is 23.1 Å². The monoisotopic (exact) mass is 301 g/mol. The Morgan fingerprint density at radius 1 is 1.57 bits per heavy atom. The van der Waals surface area contributed by atoms with E-state index in [1.165, 1.54) is 36.7 Å². The maximum Gasteiger partial charge on any atom is 0.268 e. The molecule has 0 saturated carbocycles. The molecular weight excluding hydrogens is 290 g/mol. The van der Waals surface area contributed by atoms with E-state index in [4.69, 9.17) is 10.00 Å². The lowest BCUT2D eigenvalue weighted by Crippen LogP contribution is -2.13. The highest BCUT2D eigenvalue weighted by atomic mass is 32.1. The van der Waals surface area contributed by atoms with Crippen LogP contribution >= 0.6 is 11.3 Å². The van der Waals surface area contributed by atoms with E-state index in [2.05, 4.69) is 10.3 Å². The number of phenolic OH excluding ortho intramolecular Hbond substituents is 1. The number of hydrogen-bond donors (Lipinski definition) is 2. The first-order chi connectivity index (χ1) is 10.1. The van der Waals surface area contributed by atoms with Crippen molar-refractivity contribution >= 4 is 28.5 Å². The number of anilines is 1. The molecule has 2 rings (SSSR count). The van der Waals surface area contributed by atoms with Gasteiger partial charge in [-0.15, -0.1) is 11.3 Å². The third-order valence-electron chi connectivity index (χ3n) is 2.53. The summed E-state index contributed by atoms with van der Waals surface area (Å²) in [6.07, 6.45) is 2.96. The molecule has 0 aliphatic rings. The second-order valence-corrected chi connectivity index (χ2v) is 4.79. The van der Waals surface area contributed by atoms with E-state index in [-0.39, 0.29) is 17.1 Å². The number of amides is 1. The molecule has 7 heteroatoms. The van der Waals surface area contributed by atoms with Crippen molar-refractivity contribution in [2.24, 2.45) is 0 Å². The number of hydrogen-bond acceptors (Lipinski definition) is 6. The van der Waals surface area contributed by atoms with Crippen molar-refractivity contribution in [1.29, 1.82) is 5.26 Å². The van der Waals surface area contributed by atoms with Crippen LogP contribution in [0.3, 0.4) is 0 Å². The van der Waals surface area contributed by atoms with Gasteiger partial charge in [-0.2, -0.15) is 5.26 Å². The predicted octanol–water partition coefficient (Wildman–Crippen LogP) is 2.40. The smallest absolute Gasteiger partial charge is 0.268 e. The second kappa shape index (κ2) is 6.54. The van der Waals surface area contributed by atoms with Crippen LogP contribution in [0.5, 0.6) is 11.5 Å². The molecule has 2 aromatic rings. The van der Waals surface area contributed by atoms with Gasteiger partial charge in [-0.3, -0.25) is 10.1 Å². The van der Waals surface area contributed by atoms with Gasteiger partial charge in [0.25, 0.3) is 5.91 Å². The summed E-state index contributed by atoms with van der Waals surface area (Å²) >= 11 is 1.26. The van der Waals surface area contributed by atoms with Gasteiger partial charge in [0, 0.05) is 11.6 Å². The second-order valence-electron chi connectivity index (χ2n) is 3.89. The van der Waals surface area contributed by atoms with Crippen molar-refractivity contribution in [2.75, 3.05) is 12.4 Å². The van der Waals surface area contributed by atoms with Gasteiger partial charge in [0.15, 0.2) is 16.6 Å². The van der Waals surface area contributed by atoms with Gasteiger partial charge < -0.3 is 9.84 Å². The van der Waals surface area contributed by atoms with Gasteiger partial charge in [0.2, 0.25) is 0 Å². The summed E-state index contributed by atoms with van der Waals surface area (Å²) in [6.45, 7) is 0. The molecule has 6 nitrogen and oxygen atoms in total. The molecule has 1 aromatic carbocycles. The molecule has 0 saturated heterocycles. The molecule has 1 aromatic heterocycles. The quantitative estimate of drug-likeness (QED) is 0.668. The van der Waals surface area contributed by atoms with E-state index >= 15 is 0 Å². The molecular formula is C14H11N3O3S. The summed E-state index contributed by atoms with van der Waals surface area (Å²) in [5, 5.41) is 23.3. The number of nitrogens with one attached hydrogen (secondary N) is 1. The van der Waals surface area contributed by atoms with E-state index in [1.54, 1.807) is 17.6 Å². The van der Waals surface area contributed by atoms with Gasteiger partial charge in [-0.25, -0.2) is 4.98 Å². The fraction of sp³-hybridized carbons (Fsp3) is 0.0714. The zero-order chi connectivity index (χ0) is 15.2. The average Bonchev–Trinajstić information content (AvgIpc) is 2.99. The number of aromatic hydroxyl groups is 1. The molecule has 0 aliphatic heterocycles. The van der Waals surface area contributed by atoms with Gasteiger partial charge in [0.1, 0.15) is 11.6 Å². The Hall–Kier alpha value is -2.85. The van der Waals surface area contributed by atoms with Crippen LogP contribution < -0.4 is 10.1 Å². The van der Waals surface area contributed by atoms with Crippen molar-refractivity contribution in [3.05, 3.63) is 40.9 Å². The van der Waals surface area contributed by atoms with Crippen LogP contribution in [0.4, 0.5) is 5.13 Å². The molecule has 0 radical (unpaired) electrons. The first-order valence-electron chi connectivity index (χ1n) is 5.83. The largest absolute Gasteiger partial charge is 0.504 e. The minimum atomic E-state index is -0.542. The number of carbonyl (C=O) groups excluding carboxylic acids is 1. The Balaban J connectivity index is 2.24. The molecule has 21 heavy (non-hydrogen) atoms. The van der Waals surface area contributed by atoms with Gasteiger partial charge >= 0.3 is 0 Å². The number of nitrogens with zero attached hydrogens (tertiary/aromatic N) is 2. The van der Waals surface area contributed by atoms with Crippen LogP contribution in [0.2, 0.25) is 0 Å². The number of aromatic nitrogens is 1. The fourth-order valence-electron chi connectivity index (χ4n) is 1.55. The third kappa shape index (κ3) is 3.58. The number of benzene rings is 1. The predicted molar refractivity (Wildman–Crippen MR) is 79.0 cm³/mol. The zero-order valence-corrected chi connectivity index (χ0v) is 11.8. The number of thiazole rings is 1. The van der Waals surface area contributed by atoms with E-state index in [9.17, 15) is 9.90 Å². The molecule has 2 N–H and O–H groups in total. The first kappa shape index (κ1) is 14.6. The van der Waals surface area contributed by atoms with Crippen LogP contribution in [0.1, 0.15) is 5.56 Å². The Bertz CT molecular complexity index is 718. The Morgan fingerprint density at radius 3 is 3.00 bits per heavy atom. The van der Waals surface area contributed by atoms with Crippen molar-refractivity contribution in [3.63, 3.8) is 0 Å². The SMILES string of the molecule is COc1cc(C=C(C#N)C(=O)Nc2nccs2)ccc1O. The summed E-state index contributed by atoms with van der Waals surface area (Å²) in [6, 6.07) is 6.37. The summed E-state index contributed by atoms with van der Waals surface area (Å²) in [5.41, 5.74) is 0.494. The highest BCUT2D eigenvalue weighted by Gasteiger charge is 2.11. The molecule has 1 amide bonds. The Morgan fingerprint density at radius 2 is 2.38 bits per heavy atom. The van der Waals surface area contributed by atoms with Crippen LogP contribution in [0.15, 0.2) is 35.3 Å². The molecule has 0 atom stereocenters. The molecule has 106 valence electrons. The number of methoxy groups -OCH3 is 1. The molecule has 0 bridgehead atoms. The minimum Gasteiger partial charge on any atom is -0.504 e. The number of carbonyl (C=O) groups is 1. The third-order valence-corrected chi connectivity index (χ3v) is 3.22.